The fraction of sp³-hybridized carbons (Fsp3) is 0.350. The number of benzene rings is 2. The summed E-state index contributed by atoms with van der Waals surface area (Å²) in [5.74, 6) is -0.112. The number of para-hydroxylation sites is 1. The van der Waals surface area contributed by atoms with E-state index in [1.807, 2.05) is 30.3 Å². The van der Waals surface area contributed by atoms with E-state index in [4.69, 9.17) is 0 Å². The number of carbonyl (C=O) groups excluding carboxylic acids is 1. The molecule has 26 heavy (non-hydrogen) atoms. The first-order chi connectivity index (χ1) is 12.1. The molecule has 0 spiro atoms. The average molecular weight is 372 g/mol. The molecule has 0 saturated heterocycles. The van der Waals surface area contributed by atoms with Gasteiger partial charge in [0.2, 0.25) is 0 Å². The predicted molar refractivity (Wildman–Crippen MR) is 104 cm³/mol. The van der Waals surface area contributed by atoms with E-state index in [0.717, 1.165) is 12.0 Å². The van der Waals surface area contributed by atoms with Crippen molar-refractivity contribution < 1.29 is 13.2 Å². The van der Waals surface area contributed by atoms with Gasteiger partial charge in [-0.1, -0.05) is 62.4 Å². The van der Waals surface area contributed by atoms with Gasteiger partial charge in [-0.15, -0.1) is 0 Å². The van der Waals surface area contributed by atoms with Gasteiger partial charge in [0.25, 0.3) is 0 Å². The van der Waals surface area contributed by atoms with Gasteiger partial charge < -0.3 is 10.6 Å². The number of sulfone groups is 1. The van der Waals surface area contributed by atoms with Crippen LogP contribution < -0.4 is 10.6 Å². The molecule has 1 fully saturated rings. The summed E-state index contributed by atoms with van der Waals surface area (Å²) in [7, 11) is -3.19. The van der Waals surface area contributed by atoms with E-state index in [-0.39, 0.29) is 17.2 Å². The van der Waals surface area contributed by atoms with Crippen LogP contribution in [0.4, 0.5) is 10.5 Å². The molecule has 1 unspecified atom stereocenters. The molecule has 1 saturated carbocycles. The molecule has 3 rings (SSSR count). The van der Waals surface area contributed by atoms with E-state index in [2.05, 4.69) is 24.5 Å². The molecular formula is C20H24N2O3S. The van der Waals surface area contributed by atoms with Crippen molar-refractivity contribution in [3.8, 4) is 0 Å². The van der Waals surface area contributed by atoms with Gasteiger partial charge in [-0.05, 0) is 29.0 Å². The zero-order chi connectivity index (χ0) is 19.0. The minimum atomic E-state index is -3.19. The average Bonchev–Trinajstić information content (AvgIpc) is 3.10. The molecule has 2 aromatic carbocycles. The van der Waals surface area contributed by atoms with E-state index >= 15 is 0 Å². The Morgan fingerprint density at radius 1 is 1.04 bits per heavy atom. The Balaban J connectivity index is 1.80. The zero-order valence-electron chi connectivity index (χ0n) is 15.2. The number of carbonyl (C=O) groups is 1. The normalized spacial score (nSPS) is 21.0. The largest absolute Gasteiger partial charge is 0.328 e. The fourth-order valence-electron chi connectivity index (χ4n) is 3.52. The van der Waals surface area contributed by atoms with Crippen molar-refractivity contribution in [2.75, 3.05) is 11.6 Å². The Kier molecular flexibility index (Phi) is 4.56. The van der Waals surface area contributed by atoms with E-state index in [1.165, 1.54) is 6.26 Å². The van der Waals surface area contributed by atoms with Crippen LogP contribution in [0.2, 0.25) is 0 Å². The predicted octanol–water partition coefficient (Wildman–Crippen LogP) is 3.68. The summed E-state index contributed by atoms with van der Waals surface area (Å²) in [5, 5.41) is 5.94. The highest BCUT2D eigenvalue weighted by Gasteiger charge is 2.63. The smallest absolute Gasteiger partial charge is 0.319 e. The highest BCUT2D eigenvalue weighted by atomic mass is 32.2. The molecule has 1 aliphatic carbocycles. The van der Waals surface area contributed by atoms with Crippen molar-refractivity contribution in [2.24, 2.45) is 5.41 Å². The monoisotopic (exact) mass is 372 g/mol. The zero-order valence-corrected chi connectivity index (χ0v) is 16.1. The first-order valence-corrected chi connectivity index (χ1v) is 10.6. The molecule has 0 aromatic heterocycles. The Bertz CT molecular complexity index is 923. The summed E-state index contributed by atoms with van der Waals surface area (Å²) >= 11 is 0. The van der Waals surface area contributed by atoms with Gasteiger partial charge in [-0.3, -0.25) is 0 Å². The van der Waals surface area contributed by atoms with Crippen molar-refractivity contribution in [2.45, 2.75) is 31.6 Å². The van der Waals surface area contributed by atoms with E-state index in [9.17, 15) is 13.2 Å². The standard InChI is InChI=1S/C20H24N2O3S/c1-19(2)14-20(19,16-10-5-4-6-11-16)22-18(23)21-17-12-8-7-9-15(17)13-26(3,24)25/h4-12H,13-14H2,1-3H3,(H2,21,22,23). The Morgan fingerprint density at radius 2 is 1.62 bits per heavy atom. The third kappa shape index (κ3) is 3.75. The van der Waals surface area contributed by atoms with Crippen LogP contribution in [-0.2, 0) is 21.1 Å². The second-order valence-corrected chi connectivity index (χ2v) is 9.78. The van der Waals surface area contributed by atoms with E-state index in [1.54, 1.807) is 24.3 Å². The third-order valence-corrected chi connectivity index (χ3v) is 5.85. The minimum absolute atomic E-state index is 0.0437. The second kappa shape index (κ2) is 6.43. The molecule has 0 heterocycles. The van der Waals surface area contributed by atoms with Gasteiger partial charge in [-0.2, -0.15) is 0 Å². The maximum absolute atomic E-state index is 12.7. The van der Waals surface area contributed by atoms with Gasteiger partial charge in [0.05, 0.1) is 11.3 Å². The van der Waals surface area contributed by atoms with Crippen molar-refractivity contribution in [1.29, 1.82) is 0 Å². The van der Waals surface area contributed by atoms with Crippen molar-refractivity contribution in [3.63, 3.8) is 0 Å². The first kappa shape index (κ1) is 18.5. The lowest BCUT2D eigenvalue weighted by Gasteiger charge is -2.23. The second-order valence-electron chi connectivity index (χ2n) is 7.64. The number of urea groups is 1. The molecule has 1 atom stereocenters. The highest BCUT2D eigenvalue weighted by molar-refractivity contribution is 7.89. The highest BCUT2D eigenvalue weighted by Crippen LogP contribution is 2.62. The topological polar surface area (TPSA) is 75.3 Å². The third-order valence-electron chi connectivity index (χ3n) is 5.01. The summed E-state index contributed by atoms with van der Waals surface area (Å²) in [6.07, 6.45) is 2.03. The van der Waals surface area contributed by atoms with Crippen LogP contribution in [0.1, 0.15) is 31.4 Å². The Labute approximate surface area is 154 Å². The summed E-state index contributed by atoms with van der Waals surface area (Å²) in [5.41, 5.74) is 1.71. The Morgan fingerprint density at radius 3 is 2.19 bits per heavy atom. The van der Waals surface area contributed by atoms with Gasteiger partial charge >= 0.3 is 6.03 Å². The molecule has 138 valence electrons. The summed E-state index contributed by atoms with van der Waals surface area (Å²) in [4.78, 5) is 12.7. The molecule has 6 heteroatoms. The first-order valence-electron chi connectivity index (χ1n) is 8.53. The van der Waals surface area contributed by atoms with Crippen LogP contribution in [0.5, 0.6) is 0 Å². The molecule has 2 amide bonds. The number of hydrogen-bond acceptors (Lipinski definition) is 3. The number of amides is 2. The number of nitrogens with one attached hydrogen (secondary N) is 2. The molecule has 0 bridgehead atoms. The molecule has 0 aliphatic heterocycles. The Hall–Kier alpha value is -2.34. The lowest BCUT2D eigenvalue weighted by atomic mass is 9.96. The van der Waals surface area contributed by atoms with Crippen LogP contribution in [0, 0.1) is 5.41 Å². The van der Waals surface area contributed by atoms with Gasteiger partial charge in [0.1, 0.15) is 0 Å². The maximum atomic E-state index is 12.7. The molecule has 5 nitrogen and oxygen atoms in total. The van der Waals surface area contributed by atoms with E-state index < -0.39 is 15.4 Å². The van der Waals surface area contributed by atoms with Crippen molar-refractivity contribution in [1.82, 2.24) is 5.32 Å². The summed E-state index contributed by atoms with van der Waals surface area (Å²) in [6.45, 7) is 4.25. The van der Waals surface area contributed by atoms with Crippen LogP contribution in [0.15, 0.2) is 54.6 Å². The maximum Gasteiger partial charge on any atom is 0.319 e. The molecule has 2 N–H and O–H groups in total. The molecule has 0 radical (unpaired) electrons. The number of anilines is 1. The SMILES string of the molecule is CC1(C)CC1(NC(=O)Nc1ccccc1CS(C)(=O)=O)c1ccccc1. The van der Waals surface area contributed by atoms with Crippen LogP contribution in [0.25, 0.3) is 0 Å². The molecule has 1 aliphatic rings. The van der Waals surface area contributed by atoms with Crippen LogP contribution in [-0.4, -0.2) is 20.7 Å². The summed E-state index contributed by atoms with van der Waals surface area (Å²) in [6, 6.07) is 16.6. The van der Waals surface area contributed by atoms with Crippen molar-refractivity contribution in [3.05, 3.63) is 65.7 Å². The molecular weight excluding hydrogens is 348 g/mol. The number of rotatable bonds is 5. The van der Waals surface area contributed by atoms with E-state index in [0.29, 0.717) is 11.3 Å². The lowest BCUT2D eigenvalue weighted by Crippen LogP contribution is -2.41. The van der Waals surface area contributed by atoms with Gasteiger partial charge in [-0.25, -0.2) is 13.2 Å². The summed E-state index contributed by atoms with van der Waals surface area (Å²) < 4.78 is 23.2. The fourth-order valence-corrected chi connectivity index (χ4v) is 4.33. The van der Waals surface area contributed by atoms with Crippen LogP contribution >= 0.6 is 0 Å². The number of hydrogen-bond donors (Lipinski definition) is 2. The van der Waals surface area contributed by atoms with Gasteiger partial charge in [0, 0.05) is 11.9 Å². The molecule has 2 aromatic rings. The lowest BCUT2D eigenvalue weighted by molar-refractivity contribution is 0.244. The van der Waals surface area contributed by atoms with Crippen LogP contribution in [0.3, 0.4) is 0 Å². The minimum Gasteiger partial charge on any atom is -0.328 e. The van der Waals surface area contributed by atoms with Gasteiger partial charge in [0.15, 0.2) is 9.84 Å². The quantitative estimate of drug-likeness (QED) is 0.841. The van der Waals surface area contributed by atoms with Crippen molar-refractivity contribution >= 4 is 21.6 Å².